The monoisotopic (exact) mass is 481 g/mol. The Labute approximate surface area is 200 Å². The third-order valence-electron chi connectivity index (χ3n) is 6.57. The van der Waals surface area contributed by atoms with Crippen LogP contribution in [-0.4, -0.2) is 53.8 Å². The Morgan fingerprint density at radius 3 is 2.68 bits per heavy atom. The summed E-state index contributed by atoms with van der Waals surface area (Å²) in [4.78, 5) is 17.4. The van der Waals surface area contributed by atoms with Gasteiger partial charge in [-0.05, 0) is 68.5 Å². The number of rotatable bonds is 5. The molecular formula is C24H30Cl3N3O. The molecule has 0 saturated carbocycles. The Hall–Kier alpha value is -1.20. The second kappa shape index (κ2) is 10.6. The number of hydrogen-bond donors (Lipinski definition) is 1. The van der Waals surface area contributed by atoms with Crippen molar-refractivity contribution in [1.29, 1.82) is 0 Å². The van der Waals surface area contributed by atoms with Crippen LogP contribution in [0.5, 0.6) is 0 Å². The molecule has 0 aromatic heterocycles. The van der Waals surface area contributed by atoms with Crippen molar-refractivity contribution in [1.82, 2.24) is 15.1 Å². The van der Waals surface area contributed by atoms with E-state index >= 15 is 0 Å². The number of halogens is 3. The quantitative estimate of drug-likeness (QED) is 0.577. The molecule has 1 amide bonds. The SMILES string of the molecule is O=C(CCC1CCCNC1)N1CCN(C2=CCC(Cl)C=C2Cl)[C@H](c2ccc(Cl)cc2)C1. The highest BCUT2D eigenvalue weighted by Gasteiger charge is 2.33. The highest BCUT2D eigenvalue weighted by molar-refractivity contribution is 6.33. The average Bonchev–Trinajstić information content (AvgIpc) is 2.78. The minimum atomic E-state index is -0.0672. The minimum Gasteiger partial charge on any atom is -0.360 e. The smallest absolute Gasteiger partial charge is 0.222 e. The third kappa shape index (κ3) is 5.78. The molecule has 7 heteroatoms. The molecule has 0 bridgehead atoms. The molecule has 1 aromatic rings. The van der Waals surface area contributed by atoms with Gasteiger partial charge in [0.15, 0.2) is 0 Å². The molecule has 3 atom stereocenters. The number of carbonyl (C=O) groups is 1. The summed E-state index contributed by atoms with van der Waals surface area (Å²) in [6.07, 6.45) is 8.81. The lowest BCUT2D eigenvalue weighted by atomic mass is 9.94. The number of piperidine rings is 1. The number of nitrogens with one attached hydrogen (secondary N) is 1. The van der Waals surface area contributed by atoms with Crippen molar-refractivity contribution in [3.05, 3.63) is 57.7 Å². The van der Waals surface area contributed by atoms with E-state index in [9.17, 15) is 4.79 Å². The molecule has 3 aliphatic rings. The standard InChI is InChI=1S/C24H30Cl3N3O/c25-19-6-4-18(5-7-19)23-16-29(24(31)10-3-17-2-1-11-28-15-17)12-13-30(23)22-9-8-20(26)14-21(22)27/h4-7,9,14,17,20,23,28H,1-3,8,10-13,15-16H2/t17?,20?,23-/m0/s1. The van der Waals surface area contributed by atoms with Gasteiger partial charge in [-0.2, -0.15) is 0 Å². The van der Waals surface area contributed by atoms with Gasteiger partial charge < -0.3 is 15.1 Å². The molecule has 1 aliphatic carbocycles. The molecule has 1 N–H and O–H groups in total. The van der Waals surface area contributed by atoms with Gasteiger partial charge in [0.05, 0.1) is 22.1 Å². The maximum atomic E-state index is 13.1. The fourth-order valence-corrected chi connectivity index (χ4v) is 5.56. The second-order valence-electron chi connectivity index (χ2n) is 8.71. The number of allylic oxidation sites excluding steroid dienone is 3. The van der Waals surface area contributed by atoms with Gasteiger partial charge in [0.2, 0.25) is 5.91 Å². The summed E-state index contributed by atoms with van der Waals surface area (Å²) in [5.74, 6) is 0.871. The molecule has 0 spiro atoms. The van der Waals surface area contributed by atoms with Crippen molar-refractivity contribution in [2.24, 2.45) is 5.92 Å². The highest BCUT2D eigenvalue weighted by Crippen LogP contribution is 2.36. The molecule has 31 heavy (non-hydrogen) atoms. The average molecular weight is 483 g/mol. The summed E-state index contributed by atoms with van der Waals surface area (Å²) in [7, 11) is 0. The van der Waals surface area contributed by atoms with E-state index in [1.807, 2.05) is 35.2 Å². The number of alkyl halides is 1. The molecule has 2 unspecified atom stereocenters. The zero-order valence-corrected chi connectivity index (χ0v) is 20.0. The molecule has 2 saturated heterocycles. The van der Waals surface area contributed by atoms with Gasteiger partial charge in [-0.25, -0.2) is 0 Å². The predicted molar refractivity (Wildman–Crippen MR) is 129 cm³/mol. The molecule has 2 heterocycles. The summed E-state index contributed by atoms with van der Waals surface area (Å²) in [6.45, 7) is 4.24. The summed E-state index contributed by atoms with van der Waals surface area (Å²) >= 11 is 19.0. The van der Waals surface area contributed by atoms with E-state index in [2.05, 4.69) is 16.3 Å². The largest absolute Gasteiger partial charge is 0.360 e. The van der Waals surface area contributed by atoms with Crippen LogP contribution in [0.25, 0.3) is 0 Å². The van der Waals surface area contributed by atoms with E-state index in [0.717, 1.165) is 43.7 Å². The minimum absolute atomic E-state index is 0.0339. The van der Waals surface area contributed by atoms with Crippen LogP contribution in [0.3, 0.4) is 0 Å². The summed E-state index contributed by atoms with van der Waals surface area (Å²) in [5, 5.41) is 4.78. The first-order valence-electron chi connectivity index (χ1n) is 11.2. The van der Waals surface area contributed by atoms with Gasteiger partial charge in [0, 0.05) is 31.1 Å². The van der Waals surface area contributed by atoms with Crippen LogP contribution in [0.2, 0.25) is 5.02 Å². The molecule has 0 radical (unpaired) electrons. The van der Waals surface area contributed by atoms with Gasteiger partial charge in [0.25, 0.3) is 0 Å². The second-order valence-corrected chi connectivity index (χ2v) is 10.1. The summed E-state index contributed by atoms with van der Waals surface area (Å²) in [6, 6.07) is 7.95. The van der Waals surface area contributed by atoms with Gasteiger partial charge in [0.1, 0.15) is 0 Å². The maximum Gasteiger partial charge on any atom is 0.222 e. The molecular weight excluding hydrogens is 453 g/mol. The Kier molecular flexibility index (Phi) is 7.86. The number of carbonyl (C=O) groups excluding carboxylic acids is 1. The van der Waals surface area contributed by atoms with Crippen molar-refractivity contribution >= 4 is 40.7 Å². The van der Waals surface area contributed by atoms with Crippen LogP contribution in [0.4, 0.5) is 0 Å². The van der Waals surface area contributed by atoms with Crippen LogP contribution in [0.15, 0.2) is 47.1 Å². The van der Waals surface area contributed by atoms with Crippen LogP contribution in [-0.2, 0) is 4.79 Å². The van der Waals surface area contributed by atoms with Crippen LogP contribution >= 0.6 is 34.8 Å². The van der Waals surface area contributed by atoms with Gasteiger partial charge >= 0.3 is 0 Å². The number of nitrogens with zero attached hydrogens (tertiary/aromatic N) is 2. The van der Waals surface area contributed by atoms with Crippen LogP contribution < -0.4 is 5.32 Å². The van der Waals surface area contributed by atoms with Crippen molar-refractivity contribution < 1.29 is 4.79 Å². The topological polar surface area (TPSA) is 35.6 Å². The fourth-order valence-electron chi connectivity index (χ4n) is 4.81. The number of piperazine rings is 1. The lowest BCUT2D eigenvalue weighted by Gasteiger charge is -2.44. The van der Waals surface area contributed by atoms with Crippen molar-refractivity contribution in [2.45, 2.75) is 43.5 Å². The van der Waals surface area contributed by atoms with Crippen molar-refractivity contribution in [3.63, 3.8) is 0 Å². The summed E-state index contributed by atoms with van der Waals surface area (Å²) in [5.41, 5.74) is 2.15. The zero-order chi connectivity index (χ0) is 21.8. The van der Waals surface area contributed by atoms with E-state index in [4.69, 9.17) is 34.8 Å². The first-order valence-corrected chi connectivity index (χ1v) is 12.4. The van der Waals surface area contributed by atoms with Crippen LogP contribution in [0.1, 0.15) is 43.7 Å². The number of amides is 1. The lowest BCUT2D eigenvalue weighted by Crippen LogP contribution is -2.50. The normalized spacial score (nSPS) is 27.0. The number of benzene rings is 1. The lowest BCUT2D eigenvalue weighted by molar-refractivity contribution is -0.134. The van der Waals surface area contributed by atoms with Crippen molar-refractivity contribution in [2.75, 3.05) is 32.7 Å². The van der Waals surface area contributed by atoms with E-state index < -0.39 is 0 Å². The molecule has 4 nitrogen and oxygen atoms in total. The van der Waals surface area contributed by atoms with Crippen LogP contribution in [0, 0.1) is 5.92 Å². The summed E-state index contributed by atoms with van der Waals surface area (Å²) < 4.78 is 0. The Bertz CT molecular complexity index is 833. The number of hydrogen-bond acceptors (Lipinski definition) is 3. The molecule has 2 fully saturated rings. The van der Waals surface area contributed by atoms with Gasteiger partial charge in [-0.15, -0.1) is 11.6 Å². The Morgan fingerprint density at radius 1 is 1.16 bits per heavy atom. The van der Waals surface area contributed by atoms with E-state index in [0.29, 0.717) is 35.5 Å². The molecule has 1 aromatic carbocycles. The zero-order valence-electron chi connectivity index (χ0n) is 17.7. The van der Waals surface area contributed by atoms with Gasteiger partial charge in [-0.3, -0.25) is 4.79 Å². The first-order chi connectivity index (χ1) is 15.0. The Morgan fingerprint density at radius 2 is 1.97 bits per heavy atom. The van der Waals surface area contributed by atoms with Gasteiger partial charge in [-0.1, -0.05) is 41.4 Å². The first kappa shape index (κ1) is 23.0. The third-order valence-corrected chi connectivity index (χ3v) is 7.45. The highest BCUT2D eigenvalue weighted by atomic mass is 35.5. The van der Waals surface area contributed by atoms with E-state index in [1.165, 1.54) is 12.8 Å². The fraction of sp³-hybridized carbons (Fsp3) is 0.542. The maximum absolute atomic E-state index is 13.1. The van der Waals surface area contributed by atoms with E-state index in [-0.39, 0.29) is 17.3 Å². The molecule has 2 aliphatic heterocycles. The van der Waals surface area contributed by atoms with E-state index in [1.54, 1.807) is 0 Å². The molecule has 168 valence electrons. The predicted octanol–water partition coefficient (Wildman–Crippen LogP) is 5.32. The Balaban J connectivity index is 1.48. The molecule has 4 rings (SSSR count). The van der Waals surface area contributed by atoms with Crippen molar-refractivity contribution in [3.8, 4) is 0 Å².